The van der Waals surface area contributed by atoms with Crippen molar-refractivity contribution in [1.82, 2.24) is 10.6 Å². The van der Waals surface area contributed by atoms with Gasteiger partial charge in [0.25, 0.3) is 0 Å². The summed E-state index contributed by atoms with van der Waals surface area (Å²) >= 11 is 0. The second kappa shape index (κ2) is 47.4. The maximum Gasteiger partial charge on any atom is 0.326 e. The molecule has 0 aromatic rings. The SMILES string of the molecule is CCCCCCCCCCCCCCCCCCCC(=O)NC(C(=O)O)C(C)CC.CCCCCCCCCCCCCCCCCCCCC(=O)NC(C(=O)O)C(C)CC. The van der Waals surface area contributed by atoms with E-state index in [2.05, 4.69) is 24.5 Å². The van der Waals surface area contributed by atoms with E-state index >= 15 is 0 Å². The highest BCUT2D eigenvalue weighted by Gasteiger charge is 2.26. The van der Waals surface area contributed by atoms with Crippen molar-refractivity contribution in [3.63, 3.8) is 0 Å². The van der Waals surface area contributed by atoms with E-state index in [1.54, 1.807) is 0 Å². The molecule has 0 aromatic carbocycles. The van der Waals surface area contributed by atoms with Crippen LogP contribution in [0.2, 0.25) is 0 Å². The second-order valence-corrected chi connectivity index (χ2v) is 18.7. The molecule has 4 atom stereocenters. The van der Waals surface area contributed by atoms with Gasteiger partial charge in [-0.1, -0.05) is 266 Å². The summed E-state index contributed by atoms with van der Waals surface area (Å²) < 4.78 is 0. The van der Waals surface area contributed by atoms with Crippen molar-refractivity contribution < 1.29 is 29.4 Å². The van der Waals surface area contributed by atoms with Gasteiger partial charge in [-0.15, -0.1) is 0 Å². The minimum Gasteiger partial charge on any atom is -0.480 e. The van der Waals surface area contributed by atoms with Crippen molar-refractivity contribution in [3.05, 3.63) is 0 Å². The molecule has 8 heteroatoms. The van der Waals surface area contributed by atoms with Gasteiger partial charge in [-0.3, -0.25) is 9.59 Å². The number of hydrogen-bond acceptors (Lipinski definition) is 4. The summed E-state index contributed by atoms with van der Waals surface area (Å²) in [7, 11) is 0. The summed E-state index contributed by atoms with van der Waals surface area (Å²) in [5.41, 5.74) is 0. The highest BCUT2D eigenvalue weighted by atomic mass is 16.4. The van der Waals surface area contributed by atoms with Gasteiger partial charge < -0.3 is 20.8 Å². The van der Waals surface area contributed by atoms with Crippen LogP contribution in [0.1, 0.15) is 292 Å². The van der Waals surface area contributed by atoms with E-state index in [-0.39, 0.29) is 23.7 Å². The fraction of sp³-hybridized carbons (Fsp3) is 0.925. The molecule has 0 aromatic heterocycles. The second-order valence-electron chi connectivity index (χ2n) is 18.7. The van der Waals surface area contributed by atoms with Gasteiger partial charge in [0.1, 0.15) is 12.1 Å². The van der Waals surface area contributed by atoms with E-state index in [0.717, 1.165) is 38.5 Å². The number of carbonyl (C=O) groups excluding carboxylic acids is 2. The Morgan fingerprint density at radius 1 is 0.328 bits per heavy atom. The molecule has 61 heavy (non-hydrogen) atoms. The largest absolute Gasteiger partial charge is 0.480 e. The molecule has 0 spiro atoms. The van der Waals surface area contributed by atoms with E-state index in [1.807, 2.05) is 27.7 Å². The zero-order chi connectivity index (χ0) is 45.6. The third-order valence-electron chi connectivity index (χ3n) is 12.9. The Kier molecular flexibility index (Phi) is 47.3. The van der Waals surface area contributed by atoms with Crippen molar-refractivity contribution in [2.24, 2.45) is 11.8 Å². The number of carbonyl (C=O) groups is 4. The minimum atomic E-state index is -0.930. The van der Waals surface area contributed by atoms with E-state index in [0.29, 0.717) is 12.8 Å². The van der Waals surface area contributed by atoms with Gasteiger partial charge in [-0.2, -0.15) is 0 Å². The molecule has 0 aliphatic heterocycles. The van der Waals surface area contributed by atoms with Gasteiger partial charge in [0.05, 0.1) is 0 Å². The normalized spacial score (nSPS) is 13.1. The Labute approximate surface area is 378 Å². The Bertz CT molecular complexity index is 990. The van der Waals surface area contributed by atoms with Crippen LogP contribution in [0.4, 0.5) is 0 Å². The smallest absolute Gasteiger partial charge is 0.326 e. The molecular formula is C53H104N2O6. The summed E-state index contributed by atoms with van der Waals surface area (Å²) in [6, 6.07) is -1.51. The maximum absolute atomic E-state index is 12.0. The molecule has 0 saturated heterocycles. The molecule has 0 aliphatic rings. The van der Waals surface area contributed by atoms with Gasteiger partial charge in [-0.05, 0) is 24.7 Å². The summed E-state index contributed by atoms with van der Waals surface area (Å²) in [5.74, 6) is -2.18. The standard InChI is InChI=1S/C27H53NO3.C26H51NO3/c1-4-6-7-8-9-10-11-12-13-14-15-16-17-18-19-20-21-22-23-25(29)28-26(27(30)31)24(3)5-2;1-4-6-7-8-9-10-11-12-13-14-15-16-17-18-19-20-21-22-24(28)27-25(26(29)30)23(3)5-2/h24,26H,4-23H2,1-3H3,(H,28,29)(H,30,31);23,25H,4-22H2,1-3H3,(H,27,28)(H,29,30). The lowest BCUT2D eigenvalue weighted by Crippen LogP contribution is -2.44. The number of nitrogens with one attached hydrogen (secondary N) is 2. The van der Waals surface area contributed by atoms with Gasteiger partial charge >= 0.3 is 11.9 Å². The first kappa shape index (κ1) is 61.0. The van der Waals surface area contributed by atoms with Crippen LogP contribution in [0.5, 0.6) is 0 Å². The molecule has 362 valence electrons. The molecule has 8 nitrogen and oxygen atoms in total. The third kappa shape index (κ3) is 42.9. The lowest BCUT2D eigenvalue weighted by atomic mass is 9.99. The number of aliphatic carboxylic acids is 2. The van der Waals surface area contributed by atoms with Crippen LogP contribution in [0.3, 0.4) is 0 Å². The Hall–Kier alpha value is -2.12. The zero-order valence-electron chi connectivity index (χ0n) is 41.4. The first-order valence-corrected chi connectivity index (χ1v) is 26.6. The van der Waals surface area contributed by atoms with E-state index in [1.165, 1.54) is 199 Å². The molecule has 0 radical (unpaired) electrons. The van der Waals surface area contributed by atoms with Crippen molar-refractivity contribution >= 4 is 23.8 Å². The summed E-state index contributed by atoms with van der Waals surface area (Å²) in [4.78, 5) is 46.5. The van der Waals surface area contributed by atoms with Crippen LogP contribution >= 0.6 is 0 Å². The zero-order valence-corrected chi connectivity index (χ0v) is 41.4. The van der Waals surface area contributed by atoms with E-state index in [9.17, 15) is 29.4 Å². The number of carboxylic acid groups (broad SMARTS) is 2. The first-order chi connectivity index (χ1) is 29.5. The van der Waals surface area contributed by atoms with Crippen molar-refractivity contribution in [2.75, 3.05) is 0 Å². The summed E-state index contributed by atoms with van der Waals surface area (Å²) in [5, 5.41) is 23.8. The molecule has 0 rings (SSSR count). The van der Waals surface area contributed by atoms with Crippen molar-refractivity contribution in [2.45, 2.75) is 304 Å². The molecule has 0 saturated carbocycles. The lowest BCUT2D eigenvalue weighted by molar-refractivity contribution is -0.143. The van der Waals surface area contributed by atoms with Crippen molar-refractivity contribution in [3.8, 4) is 0 Å². The molecule has 0 bridgehead atoms. The van der Waals surface area contributed by atoms with Crippen molar-refractivity contribution in [1.29, 1.82) is 0 Å². The molecule has 2 amide bonds. The van der Waals surface area contributed by atoms with Gasteiger partial charge in [0, 0.05) is 12.8 Å². The maximum atomic E-state index is 12.0. The van der Waals surface area contributed by atoms with Crippen LogP contribution in [-0.2, 0) is 19.2 Å². The topological polar surface area (TPSA) is 133 Å². The first-order valence-electron chi connectivity index (χ1n) is 26.6. The quantitative estimate of drug-likeness (QED) is 0.0451. The average molecular weight is 865 g/mol. The van der Waals surface area contributed by atoms with E-state index in [4.69, 9.17) is 0 Å². The van der Waals surface area contributed by atoms with Gasteiger partial charge in [0.15, 0.2) is 0 Å². The predicted octanol–water partition coefficient (Wildman–Crippen LogP) is 15.7. The van der Waals surface area contributed by atoms with Crippen LogP contribution < -0.4 is 10.6 Å². The van der Waals surface area contributed by atoms with Crippen LogP contribution in [0.15, 0.2) is 0 Å². The lowest BCUT2D eigenvalue weighted by Gasteiger charge is -2.20. The van der Waals surface area contributed by atoms with Crippen LogP contribution in [0.25, 0.3) is 0 Å². The Balaban J connectivity index is 0. The summed E-state index contributed by atoms with van der Waals surface area (Å²) in [6.45, 7) is 12.2. The Morgan fingerprint density at radius 3 is 0.672 bits per heavy atom. The number of carboxylic acids is 2. The minimum absolute atomic E-state index is 0.0398. The number of rotatable bonds is 45. The molecule has 4 unspecified atom stereocenters. The highest BCUT2D eigenvalue weighted by molar-refractivity contribution is 5.84. The third-order valence-corrected chi connectivity index (χ3v) is 12.9. The van der Waals surface area contributed by atoms with Gasteiger partial charge in [-0.25, -0.2) is 9.59 Å². The van der Waals surface area contributed by atoms with Crippen LogP contribution in [0, 0.1) is 11.8 Å². The molecule has 0 fully saturated rings. The molecule has 4 N–H and O–H groups in total. The monoisotopic (exact) mass is 865 g/mol. The van der Waals surface area contributed by atoms with Crippen LogP contribution in [-0.4, -0.2) is 46.0 Å². The fourth-order valence-corrected chi connectivity index (χ4v) is 8.06. The predicted molar refractivity (Wildman–Crippen MR) is 260 cm³/mol. The highest BCUT2D eigenvalue weighted by Crippen LogP contribution is 2.17. The number of amides is 2. The van der Waals surface area contributed by atoms with Gasteiger partial charge in [0.2, 0.25) is 11.8 Å². The molecule has 0 heterocycles. The molecule has 0 aliphatic carbocycles. The average Bonchev–Trinajstić information content (AvgIpc) is 3.24. The number of unbranched alkanes of at least 4 members (excludes halogenated alkanes) is 33. The molecular weight excluding hydrogens is 761 g/mol. The summed E-state index contributed by atoms with van der Waals surface area (Å²) in [6.07, 6.45) is 48.7. The fourth-order valence-electron chi connectivity index (χ4n) is 8.06. The Morgan fingerprint density at radius 2 is 0.508 bits per heavy atom. The van der Waals surface area contributed by atoms with E-state index < -0.39 is 24.0 Å². The number of hydrogen-bond donors (Lipinski definition) is 4.